The van der Waals surface area contributed by atoms with E-state index in [1.165, 1.54) is 134 Å². The summed E-state index contributed by atoms with van der Waals surface area (Å²) in [5.74, 6) is 0. The average Bonchev–Trinajstić information content (AvgIpc) is 2.80. The van der Waals surface area contributed by atoms with Gasteiger partial charge in [-0.2, -0.15) is 0 Å². The Morgan fingerprint density at radius 2 is 0.970 bits per heavy atom. The quantitative estimate of drug-likeness (QED) is 0.120. The van der Waals surface area contributed by atoms with Crippen molar-refractivity contribution in [3.63, 3.8) is 0 Å². The van der Waals surface area contributed by atoms with E-state index in [0.29, 0.717) is 0 Å². The molecule has 0 amide bonds. The number of likely N-dealkylation sites (N-methyl/N-ethyl adjacent to an activating group) is 1. The second-order valence-electron chi connectivity index (χ2n) is 11.1. The maximum Gasteiger partial charge on any atom is 0.104 e. The number of nitrogens with zero attached hydrogens (tertiary/aromatic N) is 1. The molecule has 0 atom stereocenters. The fraction of sp³-hybridized carbons (Fsp3) is 0.806. The van der Waals surface area contributed by atoms with E-state index in [-0.39, 0.29) is 0 Å². The first-order valence-electron chi connectivity index (χ1n) is 14.7. The summed E-state index contributed by atoms with van der Waals surface area (Å²) in [7, 11) is 4.68. The molecule has 2 heteroatoms. The predicted molar refractivity (Wildman–Crippen MR) is 149 cm³/mol. The first-order valence-corrected chi connectivity index (χ1v) is 14.7. The monoisotopic (exact) mass is 459 g/mol. The van der Waals surface area contributed by atoms with Crippen LogP contribution in [0.1, 0.15) is 128 Å². The summed E-state index contributed by atoms with van der Waals surface area (Å²) in [6, 6.07) is 10.9. The molecular weight excluding hydrogens is 400 g/mol. The van der Waals surface area contributed by atoms with E-state index in [1.807, 2.05) is 0 Å². The van der Waals surface area contributed by atoms with Crippen molar-refractivity contribution in [2.24, 2.45) is 0 Å². The van der Waals surface area contributed by atoms with Crippen molar-refractivity contribution in [2.45, 2.75) is 129 Å². The highest BCUT2D eigenvalue weighted by molar-refractivity contribution is 5.13. The van der Waals surface area contributed by atoms with Gasteiger partial charge in [-0.05, 0) is 13.0 Å². The fourth-order valence-electron chi connectivity index (χ4n) is 4.82. The number of hydrogen-bond donors (Lipinski definition) is 1. The molecule has 0 fully saturated rings. The third-order valence-electron chi connectivity index (χ3n) is 7.05. The Kier molecular flexibility index (Phi) is 19.8. The summed E-state index contributed by atoms with van der Waals surface area (Å²) in [5, 5.41) is 3.67. The van der Waals surface area contributed by atoms with Crippen molar-refractivity contribution in [1.82, 2.24) is 5.32 Å². The van der Waals surface area contributed by atoms with Crippen LogP contribution in [-0.2, 0) is 6.54 Å². The van der Waals surface area contributed by atoms with Gasteiger partial charge in [-0.3, -0.25) is 0 Å². The first kappa shape index (κ1) is 30.2. The number of benzene rings is 1. The largest absolute Gasteiger partial charge is 0.324 e. The molecule has 1 aromatic carbocycles. The van der Waals surface area contributed by atoms with Gasteiger partial charge in [0.1, 0.15) is 6.54 Å². The molecule has 0 heterocycles. The molecule has 0 saturated heterocycles. The Labute approximate surface area is 208 Å². The lowest BCUT2D eigenvalue weighted by molar-refractivity contribution is -0.902. The molecule has 0 aliphatic carbocycles. The Balaban J connectivity index is 1.75. The molecule has 0 unspecified atom stereocenters. The molecule has 0 bridgehead atoms. The van der Waals surface area contributed by atoms with Gasteiger partial charge in [0, 0.05) is 12.1 Å². The van der Waals surface area contributed by atoms with Crippen LogP contribution in [-0.4, -0.2) is 38.2 Å². The summed E-state index contributed by atoms with van der Waals surface area (Å²) in [4.78, 5) is 0. The van der Waals surface area contributed by atoms with Crippen molar-refractivity contribution in [1.29, 1.82) is 0 Å². The zero-order chi connectivity index (χ0) is 23.9. The van der Waals surface area contributed by atoms with Crippen LogP contribution in [0, 0.1) is 0 Å². The zero-order valence-corrected chi connectivity index (χ0v) is 22.9. The fourth-order valence-corrected chi connectivity index (χ4v) is 4.82. The topological polar surface area (TPSA) is 12.0 Å². The van der Waals surface area contributed by atoms with Gasteiger partial charge < -0.3 is 9.80 Å². The number of quaternary nitrogens is 1. The normalized spacial score (nSPS) is 11.8. The van der Waals surface area contributed by atoms with Crippen LogP contribution < -0.4 is 5.32 Å². The molecule has 2 nitrogen and oxygen atoms in total. The highest BCUT2D eigenvalue weighted by Gasteiger charge is 2.14. The summed E-state index contributed by atoms with van der Waals surface area (Å²) >= 11 is 0. The van der Waals surface area contributed by atoms with Crippen LogP contribution in [0.25, 0.3) is 0 Å². The smallest absolute Gasteiger partial charge is 0.104 e. The maximum absolute atomic E-state index is 3.67. The molecule has 0 aromatic heterocycles. The molecule has 33 heavy (non-hydrogen) atoms. The molecule has 0 aliphatic heterocycles. The van der Waals surface area contributed by atoms with E-state index in [2.05, 4.69) is 56.7 Å². The minimum Gasteiger partial charge on any atom is -0.324 e. The van der Waals surface area contributed by atoms with E-state index in [9.17, 15) is 0 Å². The highest BCUT2D eigenvalue weighted by atomic mass is 15.3. The highest BCUT2D eigenvalue weighted by Crippen LogP contribution is 2.14. The molecule has 0 aliphatic rings. The maximum atomic E-state index is 3.67. The minimum absolute atomic E-state index is 1.05. The molecule has 0 saturated carbocycles. The standard InChI is InChI=1S/C31H59N2/c1-4-5-6-7-8-9-10-11-12-13-14-15-16-17-18-19-20-24-27-32-28-29-33(2,3)30-31-25-22-21-23-26-31/h21-23,25-26,32H,4-20,24,27-30H2,1-3H3/q+1. The van der Waals surface area contributed by atoms with Gasteiger partial charge in [-0.1, -0.05) is 146 Å². The molecule has 1 rings (SSSR count). The Bertz CT molecular complexity index is 511. The third-order valence-corrected chi connectivity index (χ3v) is 7.05. The van der Waals surface area contributed by atoms with E-state index < -0.39 is 0 Å². The second-order valence-corrected chi connectivity index (χ2v) is 11.1. The van der Waals surface area contributed by atoms with E-state index in [4.69, 9.17) is 0 Å². The summed E-state index contributed by atoms with van der Waals surface area (Å²) < 4.78 is 1.05. The number of hydrogen-bond acceptors (Lipinski definition) is 1. The molecule has 0 radical (unpaired) electrons. The van der Waals surface area contributed by atoms with Gasteiger partial charge in [0.25, 0.3) is 0 Å². The van der Waals surface area contributed by atoms with Crippen molar-refractivity contribution >= 4 is 0 Å². The second kappa shape index (κ2) is 21.7. The van der Waals surface area contributed by atoms with Crippen LogP contribution in [0.4, 0.5) is 0 Å². The van der Waals surface area contributed by atoms with Crippen molar-refractivity contribution in [2.75, 3.05) is 33.7 Å². The average molecular weight is 460 g/mol. The summed E-state index contributed by atoms with van der Waals surface area (Å²) in [6.07, 6.45) is 26.0. The van der Waals surface area contributed by atoms with Crippen LogP contribution in [0.15, 0.2) is 30.3 Å². The van der Waals surface area contributed by atoms with Gasteiger partial charge in [0.15, 0.2) is 0 Å². The minimum atomic E-state index is 1.05. The molecule has 192 valence electrons. The SMILES string of the molecule is CCCCCCCCCCCCCCCCCCCCNCC[N+](C)(C)Cc1ccccc1. The number of nitrogens with one attached hydrogen (secondary N) is 1. The Morgan fingerprint density at radius 3 is 1.42 bits per heavy atom. The first-order chi connectivity index (χ1) is 16.1. The lowest BCUT2D eigenvalue weighted by Crippen LogP contribution is -2.43. The van der Waals surface area contributed by atoms with Gasteiger partial charge in [-0.15, -0.1) is 0 Å². The van der Waals surface area contributed by atoms with Crippen LogP contribution in [0.3, 0.4) is 0 Å². The molecule has 0 spiro atoms. The van der Waals surface area contributed by atoms with Crippen molar-refractivity contribution in [3.05, 3.63) is 35.9 Å². The van der Waals surface area contributed by atoms with Gasteiger partial charge in [-0.25, -0.2) is 0 Å². The summed E-state index contributed by atoms with van der Waals surface area (Å²) in [5.41, 5.74) is 1.44. The number of unbranched alkanes of at least 4 members (excludes halogenated alkanes) is 17. The number of rotatable bonds is 24. The van der Waals surface area contributed by atoms with E-state index in [0.717, 1.165) is 17.6 Å². The van der Waals surface area contributed by atoms with Crippen LogP contribution >= 0.6 is 0 Å². The third kappa shape index (κ3) is 20.2. The Morgan fingerprint density at radius 1 is 0.545 bits per heavy atom. The van der Waals surface area contributed by atoms with Crippen molar-refractivity contribution in [3.8, 4) is 0 Å². The molecule has 1 N–H and O–H groups in total. The lowest BCUT2D eigenvalue weighted by Gasteiger charge is -2.30. The predicted octanol–water partition coefficient (Wildman–Crippen LogP) is 8.89. The van der Waals surface area contributed by atoms with Gasteiger partial charge in [0.05, 0.1) is 20.6 Å². The van der Waals surface area contributed by atoms with Gasteiger partial charge >= 0.3 is 0 Å². The molecule has 1 aromatic rings. The van der Waals surface area contributed by atoms with E-state index in [1.54, 1.807) is 0 Å². The van der Waals surface area contributed by atoms with Crippen molar-refractivity contribution < 1.29 is 4.48 Å². The summed E-state index contributed by atoms with van der Waals surface area (Å²) in [6.45, 7) is 6.91. The van der Waals surface area contributed by atoms with Crippen LogP contribution in [0.2, 0.25) is 0 Å². The zero-order valence-electron chi connectivity index (χ0n) is 22.9. The Hall–Kier alpha value is -0.860. The lowest BCUT2D eigenvalue weighted by atomic mass is 10.0. The van der Waals surface area contributed by atoms with Crippen LogP contribution in [0.5, 0.6) is 0 Å². The van der Waals surface area contributed by atoms with Gasteiger partial charge in [0.2, 0.25) is 0 Å². The molecular formula is C31H59N2+. The van der Waals surface area contributed by atoms with E-state index >= 15 is 0 Å².